The second-order valence-electron chi connectivity index (χ2n) is 4.89. The molecule has 3 N–H and O–H groups in total. The van der Waals surface area contributed by atoms with Crippen molar-refractivity contribution in [2.45, 2.75) is 39.3 Å². The van der Waals surface area contributed by atoms with Crippen LogP contribution >= 0.6 is 0 Å². The van der Waals surface area contributed by atoms with Crippen molar-refractivity contribution in [3.63, 3.8) is 0 Å². The molecule has 0 amide bonds. The second kappa shape index (κ2) is 8.25. The van der Waals surface area contributed by atoms with E-state index in [0.717, 1.165) is 11.1 Å². The van der Waals surface area contributed by atoms with E-state index in [9.17, 15) is 5.11 Å². The van der Waals surface area contributed by atoms with Crippen LogP contribution in [0.25, 0.3) is 0 Å². The molecule has 3 heteroatoms. The molecule has 0 spiro atoms. The summed E-state index contributed by atoms with van der Waals surface area (Å²) in [6.07, 6.45) is 1.79. The van der Waals surface area contributed by atoms with Crippen LogP contribution in [0.3, 0.4) is 0 Å². The van der Waals surface area contributed by atoms with Gasteiger partial charge in [-0.15, -0.1) is 0 Å². The summed E-state index contributed by atoms with van der Waals surface area (Å²) < 4.78 is 5.55. The Hall–Kier alpha value is -0.900. The molecule has 0 aliphatic rings. The van der Waals surface area contributed by atoms with Gasteiger partial charge in [-0.3, -0.25) is 0 Å². The molecular weight excluding hydrogens is 226 g/mol. The molecule has 0 bridgehead atoms. The maximum absolute atomic E-state index is 9.97. The highest BCUT2D eigenvalue weighted by atomic mass is 16.5. The molecule has 18 heavy (non-hydrogen) atoms. The average Bonchev–Trinajstić information content (AvgIpc) is 2.39. The van der Waals surface area contributed by atoms with E-state index in [2.05, 4.69) is 13.8 Å². The van der Waals surface area contributed by atoms with Crippen LogP contribution < -0.4 is 5.73 Å². The Morgan fingerprint density at radius 2 is 1.89 bits per heavy atom. The Balaban J connectivity index is 2.33. The van der Waals surface area contributed by atoms with E-state index in [-0.39, 0.29) is 0 Å². The normalized spacial score (nSPS) is 14.4. The molecule has 0 fully saturated rings. The van der Waals surface area contributed by atoms with Crippen LogP contribution in [0.2, 0.25) is 0 Å². The average molecular weight is 251 g/mol. The number of hydrogen-bond acceptors (Lipinski definition) is 3. The topological polar surface area (TPSA) is 55.5 Å². The highest BCUT2D eigenvalue weighted by Crippen LogP contribution is 2.15. The summed E-state index contributed by atoms with van der Waals surface area (Å²) in [7, 11) is 0. The molecule has 0 radical (unpaired) electrons. The van der Waals surface area contributed by atoms with Crippen molar-refractivity contribution in [3.8, 4) is 0 Å². The van der Waals surface area contributed by atoms with Gasteiger partial charge in [-0.1, -0.05) is 44.5 Å². The van der Waals surface area contributed by atoms with Gasteiger partial charge in [-0.2, -0.15) is 0 Å². The van der Waals surface area contributed by atoms with Gasteiger partial charge in [0.15, 0.2) is 0 Å². The third-order valence-corrected chi connectivity index (χ3v) is 3.06. The molecule has 1 aromatic carbocycles. The molecule has 0 heterocycles. The SMILES string of the molecule is CCCC(C)COCC(O)c1ccc(CN)cc1. The molecule has 0 aliphatic heterocycles. The van der Waals surface area contributed by atoms with Crippen molar-refractivity contribution >= 4 is 0 Å². The lowest BCUT2D eigenvalue weighted by atomic mass is 10.1. The largest absolute Gasteiger partial charge is 0.386 e. The van der Waals surface area contributed by atoms with Crippen LogP contribution in [-0.4, -0.2) is 18.3 Å². The Labute approximate surface area is 110 Å². The van der Waals surface area contributed by atoms with Crippen LogP contribution in [-0.2, 0) is 11.3 Å². The van der Waals surface area contributed by atoms with Gasteiger partial charge >= 0.3 is 0 Å². The highest BCUT2D eigenvalue weighted by Gasteiger charge is 2.08. The van der Waals surface area contributed by atoms with Crippen LogP contribution in [0.1, 0.15) is 43.9 Å². The van der Waals surface area contributed by atoms with Crippen molar-refractivity contribution in [2.75, 3.05) is 13.2 Å². The zero-order chi connectivity index (χ0) is 13.4. The number of rotatable bonds is 8. The molecule has 1 rings (SSSR count). The minimum atomic E-state index is -0.550. The molecule has 0 aromatic heterocycles. The second-order valence-corrected chi connectivity index (χ2v) is 4.89. The standard InChI is InChI=1S/C15H25NO2/c1-3-4-12(2)10-18-11-15(17)14-7-5-13(9-16)6-8-14/h5-8,12,15,17H,3-4,9-11,16H2,1-2H3. The van der Waals surface area contributed by atoms with Gasteiger partial charge < -0.3 is 15.6 Å². The third-order valence-electron chi connectivity index (χ3n) is 3.06. The van der Waals surface area contributed by atoms with E-state index in [1.807, 2.05) is 24.3 Å². The summed E-state index contributed by atoms with van der Waals surface area (Å²) >= 11 is 0. The van der Waals surface area contributed by atoms with Crippen molar-refractivity contribution in [2.24, 2.45) is 11.7 Å². The number of aliphatic hydroxyl groups is 1. The molecule has 0 aliphatic carbocycles. The van der Waals surface area contributed by atoms with Crippen molar-refractivity contribution in [1.29, 1.82) is 0 Å². The maximum atomic E-state index is 9.97. The van der Waals surface area contributed by atoms with Gasteiger partial charge in [0.25, 0.3) is 0 Å². The molecule has 102 valence electrons. The highest BCUT2D eigenvalue weighted by molar-refractivity contribution is 5.23. The monoisotopic (exact) mass is 251 g/mol. The first-order chi connectivity index (χ1) is 8.67. The van der Waals surface area contributed by atoms with E-state index >= 15 is 0 Å². The molecule has 0 saturated carbocycles. The third kappa shape index (κ3) is 5.17. The smallest absolute Gasteiger partial charge is 0.102 e. The van der Waals surface area contributed by atoms with E-state index < -0.39 is 6.10 Å². The van der Waals surface area contributed by atoms with E-state index in [0.29, 0.717) is 25.7 Å². The Morgan fingerprint density at radius 3 is 2.44 bits per heavy atom. The Morgan fingerprint density at radius 1 is 1.22 bits per heavy atom. The summed E-state index contributed by atoms with van der Waals surface area (Å²) in [5, 5.41) is 9.97. The van der Waals surface area contributed by atoms with Gasteiger partial charge in [-0.05, 0) is 23.5 Å². The lowest BCUT2D eigenvalue weighted by Gasteiger charge is -2.15. The van der Waals surface area contributed by atoms with E-state index in [4.69, 9.17) is 10.5 Å². The molecule has 2 atom stereocenters. The predicted octanol–water partition coefficient (Wildman–Crippen LogP) is 2.63. The van der Waals surface area contributed by atoms with Crippen LogP contribution in [0.5, 0.6) is 0 Å². The predicted molar refractivity (Wildman–Crippen MR) is 74.2 cm³/mol. The lowest BCUT2D eigenvalue weighted by molar-refractivity contribution is 0.0215. The first-order valence-corrected chi connectivity index (χ1v) is 6.72. The van der Waals surface area contributed by atoms with Gasteiger partial charge in [0, 0.05) is 13.2 Å². The zero-order valence-electron chi connectivity index (χ0n) is 11.4. The van der Waals surface area contributed by atoms with Crippen LogP contribution in [0, 0.1) is 5.92 Å². The minimum absolute atomic E-state index is 0.357. The van der Waals surface area contributed by atoms with E-state index in [1.54, 1.807) is 0 Å². The number of benzene rings is 1. The molecule has 3 nitrogen and oxygen atoms in total. The minimum Gasteiger partial charge on any atom is -0.386 e. The fraction of sp³-hybridized carbons (Fsp3) is 0.600. The summed E-state index contributed by atoms with van der Waals surface area (Å²) in [6.45, 7) is 5.94. The summed E-state index contributed by atoms with van der Waals surface area (Å²) in [6, 6.07) is 7.70. The number of aliphatic hydroxyl groups excluding tert-OH is 1. The maximum Gasteiger partial charge on any atom is 0.102 e. The quantitative estimate of drug-likeness (QED) is 0.746. The summed E-state index contributed by atoms with van der Waals surface area (Å²) in [4.78, 5) is 0. The fourth-order valence-electron chi connectivity index (χ4n) is 1.93. The first-order valence-electron chi connectivity index (χ1n) is 6.72. The van der Waals surface area contributed by atoms with Crippen molar-refractivity contribution in [1.82, 2.24) is 0 Å². The molecule has 1 aromatic rings. The number of hydrogen-bond donors (Lipinski definition) is 2. The van der Waals surface area contributed by atoms with E-state index in [1.165, 1.54) is 12.8 Å². The Bertz CT molecular complexity index is 324. The number of nitrogens with two attached hydrogens (primary N) is 1. The fourth-order valence-corrected chi connectivity index (χ4v) is 1.93. The summed E-state index contributed by atoms with van der Waals surface area (Å²) in [5.74, 6) is 0.557. The summed E-state index contributed by atoms with van der Waals surface area (Å²) in [5.41, 5.74) is 7.49. The van der Waals surface area contributed by atoms with Gasteiger partial charge in [0.2, 0.25) is 0 Å². The van der Waals surface area contributed by atoms with Gasteiger partial charge in [0.1, 0.15) is 6.10 Å². The van der Waals surface area contributed by atoms with Crippen molar-refractivity contribution in [3.05, 3.63) is 35.4 Å². The zero-order valence-corrected chi connectivity index (χ0v) is 11.4. The van der Waals surface area contributed by atoms with Gasteiger partial charge in [0.05, 0.1) is 6.61 Å². The molecule has 0 saturated heterocycles. The first kappa shape index (κ1) is 15.2. The van der Waals surface area contributed by atoms with Gasteiger partial charge in [-0.25, -0.2) is 0 Å². The molecule has 2 unspecified atom stereocenters. The van der Waals surface area contributed by atoms with Crippen LogP contribution in [0.15, 0.2) is 24.3 Å². The van der Waals surface area contributed by atoms with Crippen molar-refractivity contribution < 1.29 is 9.84 Å². The molecular formula is C15H25NO2. The number of ether oxygens (including phenoxy) is 1. The van der Waals surface area contributed by atoms with Crippen LogP contribution in [0.4, 0.5) is 0 Å². The Kier molecular flexibility index (Phi) is 6.94. The lowest BCUT2D eigenvalue weighted by Crippen LogP contribution is -2.12.